The first-order valence-electron chi connectivity index (χ1n) is 19.6. The van der Waals surface area contributed by atoms with Gasteiger partial charge < -0.3 is 42.6 Å². The highest BCUT2D eigenvalue weighted by Crippen LogP contribution is 2.68. The summed E-state index contributed by atoms with van der Waals surface area (Å²) in [5, 5.41) is 0. The maximum atomic E-state index is 14.6. The topological polar surface area (TPSA) is 185 Å². The highest BCUT2D eigenvalue weighted by molar-refractivity contribution is 6.15. The number of ketones is 3. The standard InChI is InChI=1S/C42H54O15/c1-16-49-31(46)40-25(52-37(13,55-40)34(7,8)28(40)43)22-19(4)23(26-41(32(47)50-17-2)29(44)35(9,10)38(14,53-26)56-41)21(6)24(20(22)5)27-42(33(48)51-18-3)30(45)36(11,12)39(15,54-27)57-42/h25-27H,16-18H2,1-15H3. The van der Waals surface area contributed by atoms with Gasteiger partial charge in [0.1, 0.15) is 18.3 Å². The SMILES string of the molecule is CCOC(=O)C12OC(C)(OC1c1c(C)c(C3OC4(C)OC3(C(=O)OCC)C(=O)C4(C)C)c(C)c(C3OC4(C)OC3(C(=O)OCC)C(=O)C4(C)C)c1C)C(C)(C)C2=O. The molecule has 57 heavy (non-hydrogen) atoms. The lowest BCUT2D eigenvalue weighted by atomic mass is 9.66. The molecular weight excluding hydrogens is 744 g/mol. The van der Waals surface area contributed by atoms with E-state index in [4.69, 9.17) is 42.6 Å². The predicted octanol–water partition coefficient (Wildman–Crippen LogP) is 4.76. The number of Topliss-reactive ketones (excluding diaryl/α,β-unsaturated/α-hetero) is 3. The summed E-state index contributed by atoms with van der Waals surface area (Å²) in [6.45, 7) is 24.0. The van der Waals surface area contributed by atoms with E-state index >= 15 is 0 Å². The zero-order valence-electron chi connectivity index (χ0n) is 35.5. The van der Waals surface area contributed by atoms with E-state index < -0.39 is 104 Å². The number of benzene rings is 1. The van der Waals surface area contributed by atoms with E-state index in [2.05, 4.69) is 0 Å². The average Bonchev–Trinajstić information content (AvgIpc) is 3.84. The number of fused-ring (bicyclic) bond motifs is 6. The van der Waals surface area contributed by atoms with E-state index in [1.165, 1.54) is 0 Å². The van der Waals surface area contributed by atoms with Crippen LogP contribution in [0, 0.1) is 37.0 Å². The van der Waals surface area contributed by atoms with Gasteiger partial charge in [-0.05, 0) is 137 Å². The first kappa shape index (κ1) is 41.6. The molecule has 0 spiro atoms. The number of hydrogen-bond donors (Lipinski definition) is 0. The maximum Gasteiger partial charge on any atom is 0.349 e. The zero-order chi connectivity index (χ0) is 42.6. The predicted molar refractivity (Wildman–Crippen MR) is 195 cm³/mol. The molecule has 6 bridgehead atoms. The van der Waals surface area contributed by atoms with Crippen molar-refractivity contribution in [2.24, 2.45) is 16.2 Å². The van der Waals surface area contributed by atoms with Gasteiger partial charge in [0.25, 0.3) is 16.8 Å². The summed E-state index contributed by atoms with van der Waals surface area (Å²) in [7, 11) is 0. The number of ether oxygens (including phenoxy) is 9. The molecule has 6 fully saturated rings. The van der Waals surface area contributed by atoms with Crippen molar-refractivity contribution in [2.45, 2.75) is 156 Å². The first-order chi connectivity index (χ1) is 26.2. The summed E-state index contributed by atoms with van der Waals surface area (Å²) in [5.41, 5.74) is -9.24. The molecule has 312 valence electrons. The summed E-state index contributed by atoms with van der Waals surface area (Å²) in [5.74, 6) is -9.60. The highest BCUT2D eigenvalue weighted by Gasteiger charge is 2.83. The normalized spacial score (nSPS) is 40.3. The Morgan fingerprint density at radius 2 is 0.667 bits per heavy atom. The summed E-state index contributed by atoms with van der Waals surface area (Å²) in [6.07, 6.45) is -4.45. The van der Waals surface area contributed by atoms with Gasteiger partial charge in [-0.25, -0.2) is 14.4 Å². The van der Waals surface area contributed by atoms with Crippen molar-refractivity contribution in [3.63, 3.8) is 0 Å². The fraction of sp³-hybridized carbons (Fsp3) is 0.714. The third kappa shape index (κ3) is 4.43. The third-order valence-electron chi connectivity index (χ3n) is 14.3. The molecule has 6 aliphatic rings. The minimum Gasteiger partial charge on any atom is -0.463 e. The minimum absolute atomic E-state index is 0.0823. The molecule has 0 radical (unpaired) electrons. The van der Waals surface area contributed by atoms with Crippen molar-refractivity contribution >= 4 is 35.3 Å². The van der Waals surface area contributed by atoms with Gasteiger partial charge in [-0.1, -0.05) is 0 Å². The van der Waals surface area contributed by atoms with Crippen LogP contribution >= 0.6 is 0 Å². The molecule has 1 aromatic rings. The van der Waals surface area contributed by atoms with Crippen LogP contribution in [0.3, 0.4) is 0 Å². The molecular formula is C42H54O15. The molecule has 0 aromatic heterocycles. The molecule has 15 nitrogen and oxygen atoms in total. The molecule has 7 rings (SSSR count). The van der Waals surface area contributed by atoms with E-state index in [1.54, 1.807) is 104 Å². The molecule has 9 unspecified atom stereocenters. The lowest BCUT2D eigenvalue weighted by Gasteiger charge is -2.43. The summed E-state index contributed by atoms with van der Waals surface area (Å²) in [4.78, 5) is 86.5. The number of carbonyl (C=O) groups is 6. The second-order valence-corrected chi connectivity index (χ2v) is 18.0. The van der Waals surface area contributed by atoms with Crippen molar-refractivity contribution in [3.8, 4) is 0 Å². The Kier molecular flexibility index (Phi) is 8.75. The average molecular weight is 799 g/mol. The maximum absolute atomic E-state index is 14.6. The van der Waals surface area contributed by atoms with Crippen molar-refractivity contribution in [1.82, 2.24) is 0 Å². The second-order valence-electron chi connectivity index (χ2n) is 18.0. The van der Waals surface area contributed by atoms with Crippen LogP contribution in [0.4, 0.5) is 0 Å². The van der Waals surface area contributed by atoms with Gasteiger partial charge >= 0.3 is 17.9 Å². The van der Waals surface area contributed by atoms with E-state index in [9.17, 15) is 28.8 Å². The molecule has 9 atom stereocenters. The monoisotopic (exact) mass is 798 g/mol. The largest absolute Gasteiger partial charge is 0.463 e. The van der Waals surface area contributed by atoms with Crippen molar-refractivity contribution in [1.29, 1.82) is 0 Å². The smallest absolute Gasteiger partial charge is 0.349 e. The van der Waals surface area contributed by atoms with Crippen LogP contribution in [0.25, 0.3) is 0 Å². The second kappa shape index (κ2) is 12.0. The van der Waals surface area contributed by atoms with Gasteiger partial charge in [0.05, 0.1) is 36.1 Å². The van der Waals surface area contributed by atoms with Crippen LogP contribution in [0.1, 0.15) is 135 Å². The Bertz CT molecular complexity index is 1820. The van der Waals surface area contributed by atoms with Gasteiger partial charge in [-0.2, -0.15) is 0 Å². The van der Waals surface area contributed by atoms with Gasteiger partial charge in [-0.3, -0.25) is 14.4 Å². The Morgan fingerprint density at radius 1 is 0.456 bits per heavy atom. The van der Waals surface area contributed by atoms with Crippen LogP contribution in [0.5, 0.6) is 0 Å². The molecule has 0 aliphatic carbocycles. The van der Waals surface area contributed by atoms with Gasteiger partial charge in [0.15, 0.2) is 34.7 Å². The van der Waals surface area contributed by atoms with E-state index in [1.807, 2.05) is 0 Å². The quantitative estimate of drug-likeness (QED) is 0.189. The van der Waals surface area contributed by atoms with E-state index in [-0.39, 0.29) is 36.5 Å². The van der Waals surface area contributed by atoms with Gasteiger partial charge in [-0.15, -0.1) is 0 Å². The fourth-order valence-corrected chi connectivity index (χ4v) is 10.1. The first-order valence-corrected chi connectivity index (χ1v) is 19.6. The Balaban J connectivity index is 1.59. The number of carbonyl (C=O) groups excluding carboxylic acids is 6. The lowest BCUT2D eigenvalue weighted by molar-refractivity contribution is -0.204. The number of hydrogen-bond acceptors (Lipinski definition) is 15. The van der Waals surface area contributed by atoms with Crippen molar-refractivity contribution < 1.29 is 71.4 Å². The van der Waals surface area contributed by atoms with Gasteiger partial charge in [0, 0.05) is 0 Å². The fourth-order valence-electron chi connectivity index (χ4n) is 10.1. The minimum atomic E-state index is -2.32. The van der Waals surface area contributed by atoms with Gasteiger partial charge in [0.2, 0.25) is 0 Å². The third-order valence-corrected chi connectivity index (χ3v) is 14.3. The van der Waals surface area contributed by atoms with Crippen LogP contribution in [-0.4, -0.2) is 89.2 Å². The summed E-state index contributed by atoms with van der Waals surface area (Å²) < 4.78 is 56.0. The molecule has 0 N–H and O–H groups in total. The van der Waals surface area contributed by atoms with E-state index in [0.29, 0.717) is 16.7 Å². The molecule has 6 saturated heterocycles. The Labute approximate surface area is 332 Å². The molecule has 15 heteroatoms. The summed E-state index contributed by atoms with van der Waals surface area (Å²) >= 11 is 0. The van der Waals surface area contributed by atoms with E-state index in [0.717, 1.165) is 0 Å². The van der Waals surface area contributed by atoms with Crippen LogP contribution < -0.4 is 0 Å². The highest BCUT2D eigenvalue weighted by atomic mass is 16.8. The Morgan fingerprint density at radius 3 is 0.842 bits per heavy atom. The van der Waals surface area contributed by atoms with Crippen LogP contribution in [-0.2, 0) is 71.4 Å². The number of rotatable bonds is 9. The molecule has 0 amide bonds. The molecule has 6 aliphatic heterocycles. The number of esters is 3. The molecule has 6 heterocycles. The lowest BCUT2D eigenvalue weighted by Crippen LogP contribution is -2.57. The van der Waals surface area contributed by atoms with Crippen LogP contribution in [0.2, 0.25) is 0 Å². The van der Waals surface area contributed by atoms with Crippen molar-refractivity contribution in [2.75, 3.05) is 19.8 Å². The van der Waals surface area contributed by atoms with Crippen molar-refractivity contribution in [3.05, 3.63) is 33.4 Å². The molecule has 0 saturated carbocycles. The molecule has 1 aromatic carbocycles. The zero-order valence-corrected chi connectivity index (χ0v) is 35.5. The Hall–Kier alpha value is -3.60. The van der Waals surface area contributed by atoms with Crippen LogP contribution in [0.15, 0.2) is 0 Å². The summed E-state index contributed by atoms with van der Waals surface area (Å²) in [6, 6.07) is 0.